The standard InChI is InChI=1S/C15H20F3N3/c1-10-5-3-2-4-8-21(10)13-7-6-11(15(16,17)18)9-12(13)14(19)20/h6-7,9-10H,2-5,8H2,1H3,(H3,19,20). The van der Waals surface area contributed by atoms with Gasteiger partial charge in [0.15, 0.2) is 0 Å². The highest BCUT2D eigenvalue weighted by atomic mass is 19.4. The summed E-state index contributed by atoms with van der Waals surface area (Å²) in [6.07, 6.45) is -0.182. The highest BCUT2D eigenvalue weighted by Crippen LogP contribution is 2.34. The third-order valence-electron chi connectivity index (χ3n) is 3.98. The lowest BCUT2D eigenvalue weighted by Gasteiger charge is -2.31. The summed E-state index contributed by atoms with van der Waals surface area (Å²) in [5, 5.41) is 7.60. The number of nitrogens with two attached hydrogens (primary N) is 1. The van der Waals surface area contributed by atoms with E-state index in [0.717, 1.165) is 44.4 Å². The summed E-state index contributed by atoms with van der Waals surface area (Å²) in [4.78, 5) is 2.07. The van der Waals surface area contributed by atoms with Crippen molar-refractivity contribution in [2.24, 2.45) is 5.73 Å². The molecule has 0 aromatic heterocycles. The molecule has 0 radical (unpaired) electrons. The number of hydrogen-bond acceptors (Lipinski definition) is 2. The van der Waals surface area contributed by atoms with Crippen LogP contribution in [-0.4, -0.2) is 18.4 Å². The highest BCUT2D eigenvalue weighted by molar-refractivity contribution is 6.00. The molecule has 1 aliphatic heterocycles. The van der Waals surface area contributed by atoms with Crippen molar-refractivity contribution in [3.8, 4) is 0 Å². The molecule has 0 amide bonds. The van der Waals surface area contributed by atoms with Crippen LogP contribution in [0.1, 0.15) is 43.7 Å². The molecule has 3 nitrogen and oxygen atoms in total. The molecule has 0 saturated carbocycles. The monoisotopic (exact) mass is 299 g/mol. The predicted molar refractivity (Wildman–Crippen MR) is 77.7 cm³/mol. The van der Waals surface area contributed by atoms with Crippen LogP contribution in [0.15, 0.2) is 18.2 Å². The fraction of sp³-hybridized carbons (Fsp3) is 0.533. The molecule has 0 aliphatic carbocycles. The number of nitrogens with zero attached hydrogens (tertiary/aromatic N) is 1. The molecule has 1 fully saturated rings. The topological polar surface area (TPSA) is 53.1 Å². The van der Waals surface area contributed by atoms with Crippen LogP contribution in [0.4, 0.5) is 18.9 Å². The molecule has 21 heavy (non-hydrogen) atoms. The molecule has 0 spiro atoms. The Hall–Kier alpha value is -1.72. The number of anilines is 1. The number of hydrogen-bond donors (Lipinski definition) is 2. The normalized spacial score (nSPS) is 20.2. The number of benzene rings is 1. The van der Waals surface area contributed by atoms with Crippen molar-refractivity contribution in [2.75, 3.05) is 11.4 Å². The van der Waals surface area contributed by atoms with Gasteiger partial charge in [0.2, 0.25) is 0 Å². The van der Waals surface area contributed by atoms with E-state index in [0.29, 0.717) is 5.69 Å². The van der Waals surface area contributed by atoms with E-state index in [1.54, 1.807) is 0 Å². The number of nitrogens with one attached hydrogen (secondary N) is 1. The molecular formula is C15H20F3N3. The van der Waals surface area contributed by atoms with E-state index in [1.807, 2.05) is 0 Å². The number of alkyl halides is 3. The Morgan fingerprint density at radius 3 is 2.62 bits per heavy atom. The molecule has 1 aromatic carbocycles. The molecule has 0 bridgehead atoms. The first-order valence-electron chi connectivity index (χ1n) is 7.13. The van der Waals surface area contributed by atoms with Crippen LogP contribution < -0.4 is 10.6 Å². The molecule has 6 heteroatoms. The van der Waals surface area contributed by atoms with Crippen LogP contribution in [-0.2, 0) is 6.18 Å². The largest absolute Gasteiger partial charge is 0.416 e. The Labute approximate surface area is 122 Å². The molecule has 1 atom stereocenters. The third kappa shape index (κ3) is 3.49. The number of halogens is 3. The summed E-state index contributed by atoms with van der Waals surface area (Å²) in [7, 11) is 0. The van der Waals surface area contributed by atoms with Gasteiger partial charge in [0.1, 0.15) is 5.84 Å². The minimum atomic E-state index is -4.42. The van der Waals surface area contributed by atoms with E-state index in [2.05, 4.69) is 11.8 Å². The Kier molecular flexibility index (Phi) is 4.44. The second-order valence-electron chi connectivity index (χ2n) is 5.54. The van der Waals surface area contributed by atoms with E-state index in [-0.39, 0.29) is 17.4 Å². The summed E-state index contributed by atoms with van der Waals surface area (Å²) >= 11 is 0. The van der Waals surface area contributed by atoms with E-state index < -0.39 is 11.7 Å². The smallest absolute Gasteiger partial charge is 0.384 e. The lowest BCUT2D eigenvalue weighted by molar-refractivity contribution is -0.137. The SMILES string of the molecule is CC1CCCCCN1c1ccc(C(F)(F)F)cc1C(=N)N. The maximum atomic E-state index is 12.8. The van der Waals surface area contributed by atoms with E-state index in [4.69, 9.17) is 11.1 Å². The lowest BCUT2D eigenvalue weighted by atomic mass is 10.0. The Balaban J connectivity index is 2.45. The van der Waals surface area contributed by atoms with Gasteiger partial charge in [-0.05, 0) is 38.0 Å². The number of nitrogen functional groups attached to an aromatic ring is 1. The van der Waals surface area contributed by atoms with Gasteiger partial charge in [0, 0.05) is 23.8 Å². The molecule has 1 heterocycles. The first kappa shape index (κ1) is 15.7. The Morgan fingerprint density at radius 1 is 1.29 bits per heavy atom. The van der Waals surface area contributed by atoms with Gasteiger partial charge in [-0.1, -0.05) is 12.8 Å². The zero-order chi connectivity index (χ0) is 15.6. The van der Waals surface area contributed by atoms with Crippen molar-refractivity contribution >= 4 is 11.5 Å². The predicted octanol–water partition coefficient (Wildman–Crippen LogP) is 3.76. The van der Waals surface area contributed by atoms with Gasteiger partial charge in [-0.2, -0.15) is 13.2 Å². The molecule has 1 unspecified atom stereocenters. The molecule has 1 aromatic rings. The minimum Gasteiger partial charge on any atom is -0.384 e. The van der Waals surface area contributed by atoms with Gasteiger partial charge in [0.05, 0.1) is 5.56 Å². The van der Waals surface area contributed by atoms with Crippen molar-refractivity contribution in [3.63, 3.8) is 0 Å². The Bertz CT molecular complexity index is 525. The molecular weight excluding hydrogens is 279 g/mol. The minimum absolute atomic E-state index is 0.165. The lowest BCUT2D eigenvalue weighted by Crippen LogP contribution is -2.34. The second-order valence-corrected chi connectivity index (χ2v) is 5.54. The number of rotatable bonds is 2. The van der Waals surface area contributed by atoms with Crippen molar-refractivity contribution in [1.29, 1.82) is 5.41 Å². The van der Waals surface area contributed by atoms with E-state index in [1.165, 1.54) is 6.07 Å². The van der Waals surface area contributed by atoms with E-state index in [9.17, 15) is 13.2 Å². The van der Waals surface area contributed by atoms with E-state index >= 15 is 0 Å². The van der Waals surface area contributed by atoms with Gasteiger partial charge in [-0.15, -0.1) is 0 Å². The zero-order valence-corrected chi connectivity index (χ0v) is 12.0. The summed E-state index contributed by atoms with van der Waals surface area (Å²) in [5.74, 6) is -0.326. The maximum absolute atomic E-state index is 12.8. The van der Waals surface area contributed by atoms with Crippen LogP contribution >= 0.6 is 0 Å². The first-order valence-corrected chi connectivity index (χ1v) is 7.13. The van der Waals surface area contributed by atoms with Crippen LogP contribution in [0.2, 0.25) is 0 Å². The Morgan fingerprint density at radius 2 is 2.00 bits per heavy atom. The zero-order valence-electron chi connectivity index (χ0n) is 12.0. The van der Waals surface area contributed by atoms with Crippen LogP contribution in [0, 0.1) is 5.41 Å². The second kappa shape index (κ2) is 5.95. The summed E-state index contributed by atoms with van der Waals surface area (Å²) in [6, 6.07) is 3.73. The van der Waals surface area contributed by atoms with Gasteiger partial charge in [-0.25, -0.2) is 0 Å². The highest BCUT2D eigenvalue weighted by Gasteiger charge is 2.32. The van der Waals surface area contributed by atoms with Crippen LogP contribution in [0.25, 0.3) is 0 Å². The fourth-order valence-electron chi connectivity index (χ4n) is 2.81. The van der Waals surface area contributed by atoms with Gasteiger partial charge >= 0.3 is 6.18 Å². The molecule has 1 saturated heterocycles. The molecule has 3 N–H and O–H groups in total. The average molecular weight is 299 g/mol. The van der Waals surface area contributed by atoms with Crippen molar-refractivity contribution < 1.29 is 13.2 Å². The fourth-order valence-corrected chi connectivity index (χ4v) is 2.81. The molecule has 116 valence electrons. The molecule has 2 rings (SSSR count). The quantitative estimate of drug-likeness (QED) is 0.645. The summed E-state index contributed by atoms with van der Waals surface area (Å²) < 4.78 is 38.5. The van der Waals surface area contributed by atoms with Gasteiger partial charge in [-0.3, -0.25) is 5.41 Å². The average Bonchev–Trinajstić information content (AvgIpc) is 2.61. The van der Waals surface area contributed by atoms with Gasteiger partial charge < -0.3 is 10.6 Å². The summed E-state index contributed by atoms with van der Waals surface area (Å²) in [5.41, 5.74) is 5.54. The van der Waals surface area contributed by atoms with Crippen LogP contribution in [0.5, 0.6) is 0 Å². The number of amidine groups is 1. The van der Waals surface area contributed by atoms with Gasteiger partial charge in [0.25, 0.3) is 0 Å². The third-order valence-corrected chi connectivity index (χ3v) is 3.98. The van der Waals surface area contributed by atoms with Crippen molar-refractivity contribution in [2.45, 2.75) is 44.8 Å². The van der Waals surface area contributed by atoms with Crippen LogP contribution in [0.3, 0.4) is 0 Å². The van der Waals surface area contributed by atoms with Crippen molar-refractivity contribution in [3.05, 3.63) is 29.3 Å². The first-order chi connectivity index (χ1) is 9.80. The molecule has 1 aliphatic rings. The maximum Gasteiger partial charge on any atom is 0.416 e. The summed E-state index contributed by atoms with van der Waals surface area (Å²) in [6.45, 7) is 2.85. The van der Waals surface area contributed by atoms with Crippen molar-refractivity contribution in [1.82, 2.24) is 0 Å².